The van der Waals surface area contributed by atoms with Gasteiger partial charge in [0.2, 0.25) is 11.9 Å². The molecule has 112 valence electrons. The molecule has 3 rings (SSSR count). The second-order valence-corrected chi connectivity index (χ2v) is 6.40. The highest BCUT2D eigenvalue weighted by atomic mass is 35.5. The van der Waals surface area contributed by atoms with E-state index in [9.17, 15) is 4.79 Å². The summed E-state index contributed by atoms with van der Waals surface area (Å²) in [7, 11) is 0. The number of halogens is 1. The van der Waals surface area contributed by atoms with Gasteiger partial charge in [-0.15, -0.1) is 0 Å². The summed E-state index contributed by atoms with van der Waals surface area (Å²) in [6.07, 6.45) is 3.87. The van der Waals surface area contributed by atoms with Gasteiger partial charge in [-0.2, -0.15) is 0 Å². The number of rotatable bonds is 4. The van der Waals surface area contributed by atoms with Crippen molar-refractivity contribution in [2.75, 3.05) is 5.32 Å². The van der Waals surface area contributed by atoms with Crippen molar-refractivity contribution >= 4 is 34.6 Å². The Labute approximate surface area is 128 Å². The molecule has 2 heterocycles. The number of nitrogens with zero attached hydrogens (tertiary/aromatic N) is 3. The maximum Gasteiger partial charge on any atom is 0.226 e. The molecule has 1 aliphatic rings. The number of anilines is 1. The number of imidazole rings is 1. The molecule has 1 fully saturated rings. The summed E-state index contributed by atoms with van der Waals surface area (Å²) < 4.78 is 2.03. The zero-order chi connectivity index (χ0) is 15.0. The molecule has 0 bridgehead atoms. The van der Waals surface area contributed by atoms with Crippen molar-refractivity contribution in [3.8, 4) is 0 Å². The van der Waals surface area contributed by atoms with Gasteiger partial charge < -0.3 is 0 Å². The lowest BCUT2D eigenvalue weighted by molar-refractivity contribution is -0.116. The van der Waals surface area contributed by atoms with E-state index in [-0.39, 0.29) is 5.91 Å². The predicted octanol–water partition coefficient (Wildman–Crippen LogP) is 3.79. The Bertz CT molecular complexity index is 676. The first-order chi connectivity index (χ1) is 10.0. The van der Waals surface area contributed by atoms with Gasteiger partial charge in [-0.05, 0) is 37.3 Å². The molecule has 1 amide bonds. The first kappa shape index (κ1) is 14.3. The quantitative estimate of drug-likeness (QED) is 0.874. The van der Waals surface area contributed by atoms with Gasteiger partial charge in [-0.25, -0.2) is 9.97 Å². The molecule has 0 aromatic carbocycles. The molecular weight excluding hydrogens is 288 g/mol. The number of carbonyl (C=O) groups is 1. The Morgan fingerprint density at radius 2 is 2.19 bits per heavy atom. The molecule has 1 aliphatic carbocycles. The van der Waals surface area contributed by atoms with Crippen LogP contribution in [0.4, 0.5) is 5.95 Å². The van der Waals surface area contributed by atoms with Gasteiger partial charge in [0.05, 0.1) is 0 Å². The molecule has 0 aliphatic heterocycles. The maximum absolute atomic E-state index is 12.0. The number of nitrogens with one attached hydrogen (secondary N) is 1. The fourth-order valence-corrected chi connectivity index (χ4v) is 2.72. The van der Waals surface area contributed by atoms with E-state index in [0.29, 0.717) is 29.5 Å². The largest absolute Gasteiger partial charge is 0.296 e. The third-order valence-electron chi connectivity index (χ3n) is 3.79. The topological polar surface area (TPSA) is 59.8 Å². The molecule has 0 unspecified atom stereocenters. The fraction of sp³-hybridized carbons (Fsp3) is 0.533. The van der Waals surface area contributed by atoms with Crippen LogP contribution in [0.2, 0.25) is 5.15 Å². The van der Waals surface area contributed by atoms with Crippen LogP contribution in [0.25, 0.3) is 11.2 Å². The van der Waals surface area contributed by atoms with Gasteiger partial charge in [0.1, 0.15) is 10.7 Å². The Hall–Kier alpha value is -1.62. The van der Waals surface area contributed by atoms with E-state index in [1.807, 2.05) is 24.5 Å². The molecule has 0 spiro atoms. The molecule has 21 heavy (non-hydrogen) atoms. The fourth-order valence-electron chi connectivity index (χ4n) is 2.58. The number of fused-ring (bicyclic) bond motifs is 1. The molecule has 0 radical (unpaired) electrons. The average Bonchev–Trinajstić information content (AvgIpc) is 2.64. The summed E-state index contributed by atoms with van der Waals surface area (Å²) in [5.41, 5.74) is 1.53. The van der Waals surface area contributed by atoms with Crippen LogP contribution in [0.3, 0.4) is 0 Å². The van der Waals surface area contributed by atoms with Crippen molar-refractivity contribution in [3.05, 3.63) is 17.3 Å². The van der Waals surface area contributed by atoms with E-state index in [4.69, 9.17) is 11.6 Å². The third-order valence-corrected chi connectivity index (χ3v) is 4.00. The van der Waals surface area contributed by atoms with Crippen LogP contribution in [0.1, 0.15) is 45.6 Å². The number of pyridine rings is 1. The molecule has 6 heteroatoms. The zero-order valence-electron chi connectivity index (χ0n) is 12.3. The molecule has 1 N–H and O–H groups in total. The Morgan fingerprint density at radius 3 is 2.81 bits per heavy atom. The smallest absolute Gasteiger partial charge is 0.226 e. The van der Waals surface area contributed by atoms with Crippen molar-refractivity contribution in [1.29, 1.82) is 0 Å². The lowest BCUT2D eigenvalue weighted by atomic mass is 9.93. The van der Waals surface area contributed by atoms with E-state index in [1.165, 1.54) is 6.42 Å². The van der Waals surface area contributed by atoms with Gasteiger partial charge in [0.15, 0.2) is 5.65 Å². The second kappa shape index (κ2) is 5.64. The monoisotopic (exact) mass is 306 g/mol. The molecule has 2 aromatic heterocycles. The van der Waals surface area contributed by atoms with E-state index in [2.05, 4.69) is 15.3 Å². The van der Waals surface area contributed by atoms with Crippen molar-refractivity contribution in [2.24, 2.45) is 5.92 Å². The second-order valence-electron chi connectivity index (χ2n) is 6.01. The Morgan fingerprint density at radius 1 is 1.43 bits per heavy atom. The summed E-state index contributed by atoms with van der Waals surface area (Å²) in [5, 5.41) is 3.38. The average molecular weight is 307 g/mol. The van der Waals surface area contributed by atoms with E-state index in [0.717, 1.165) is 24.0 Å². The summed E-state index contributed by atoms with van der Waals surface area (Å²) in [6, 6.07) is 3.93. The molecule has 1 saturated carbocycles. The summed E-state index contributed by atoms with van der Waals surface area (Å²) in [5.74, 6) is 0.904. The van der Waals surface area contributed by atoms with Crippen LogP contribution in [-0.4, -0.2) is 20.4 Å². The first-order valence-electron chi connectivity index (χ1n) is 7.39. The van der Waals surface area contributed by atoms with Gasteiger partial charge in [0.25, 0.3) is 0 Å². The normalized spacial score (nSPS) is 15.4. The van der Waals surface area contributed by atoms with Crippen LogP contribution < -0.4 is 5.32 Å². The third kappa shape index (κ3) is 2.88. The Kier molecular flexibility index (Phi) is 3.85. The predicted molar refractivity (Wildman–Crippen MR) is 83.5 cm³/mol. The minimum atomic E-state index is -0.00743. The van der Waals surface area contributed by atoms with E-state index >= 15 is 0 Å². The minimum absolute atomic E-state index is 0.00743. The summed E-state index contributed by atoms with van der Waals surface area (Å²) in [4.78, 5) is 20.9. The number of amides is 1. The van der Waals surface area contributed by atoms with Crippen LogP contribution in [0.5, 0.6) is 0 Å². The van der Waals surface area contributed by atoms with Crippen LogP contribution in [0.15, 0.2) is 12.1 Å². The number of carbonyl (C=O) groups excluding carboxylic acids is 1. The number of hydrogen-bond acceptors (Lipinski definition) is 3. The highest BCUT2D eigenvalue weighted by Crippen LogP contribution is 2.36. The highest BCUT2D eigenvalue weighted by Gasteiger charge is 2.26. The molecular formula is C15H19ClN4O. The lowest BCUT2D eigenvalue weighted by Crippen LogP contribution is -2.22. The van der Waals surface area contributed by atoms with E-state index in [1.54, 1.807) is 6.07 Å². The maximum atomic E-state index is 12.0. The van der Waals surface area contributed by atoms with Crippen molar-refractivity contribution in [2.45, 2.75) is 45.6 Å². The standard InChI is InChI=1S/C15H19ClN4O/c1-9(2)8-13(21)19-15-17-11-6-7-12(16)18-14(11)20(15)10-4-3-5-10/h6-7,9-10H,3-5,8H2,1-2H3,(H,17,19,21). The first-order valence-corrected chi connectivity index (χ1v) is 7.76. The van der Waals surface area contributed by atoms with Crippen LogP contribution in [0, 0.1) is 5.92 Å². The summed E-state index contributed by atoms with van der Waals surface area (Å²) >= 11 is 6.00. The Balaban J connectivity index is 1.98. The van der Waals surface area contributed by atoms with Crippen molar-refractivity contribution in [3.63, 3.8) is 0 Å². The van der Waals surface area contributed by atoms with Gasteiger partial charge in [-0.1, -0.05) is 25.4 Å². The molecule has 0 atom stereocenters. The van der Waals surface area contributed by atoms with Crippen molar-refractivity contribution < 1.29 is 4.79 Å². The number of hydrogen-bond donors (Lipinski definition) is 1. The molecule has 0 saturated heterocycles. The van der Waals surface area contributed by atoms with Crippen LogP contribution >= 0.6 is 11.6 Å². The lowest BCUT2D eigenvalue weighted by Gasteiger charge is -2.28. The van der Waals surface area contributed by atoms with Crippen LogP contribution in [-0.2, 0) is 4.79 Å². The number of aromatic nitrogens is 3. The highest BCUT2D eigenvalue weighted by molar-refractivity contribution is 6.29. The van der Waals surface area contributed by atoms with Gasteiger partial charge in [0, 0.05) is 12.5 Å². The van der Waals surface area contributed by atoms with Gasteiger partial charge >= 0.3 is 0 Å². The SMILES string of the molecule is CC(C)CC(=O)Nc1nc2ccc(Cl)nc2n1C1CCC1. The molecule has 5 nitrogen and oxygen atoms in total. The van der Waals surface area contributed by atoms with E-state index < -0.39 is 0 Å². The zero-order valence-corrected chi connectivity index (χ0v) is 13.0. The molecule has 2 aromatic rings. The summed E-state index contributed by atoms with van der Waals surface area (Å²) in [6.45, 7) is 4.05. The minimum Gasteiger partial charge on any atom is -0.296 e. The van der Waals surface area contributed by atoms with Gasteiger partial charge in [-0.3, -0.25) is 14.7 Å². The van der Waals surface area contributed by atoms with Crippen molar-refractivity contribution in [1.82, 2.24) is 14.5 Å².